The van der Waals surface area contributed by atoms with Crippen molar-refractivity contribution in [2.45, 2.75) is 48.5 Å². The van der Waals surface area contributed by atoms with Crippen LogP contribution in [0.2, 0.25) is 0 Å². The van der Waals surface area contributed by atoms with E-state index < -0.39 is 0 Å². The normalized spacial score (nSPS) is 11.2. The van der Waals surface area contributed by atoms with E-state index in [1.54, 1.807) is 0 Å². The van der Waals surface area contributed by atoms with Crippen molar-refractivity contribution in [1.29, 1.82) is 0 Å². The predicted octanol–water partition coefficient (Wildman–Crippen LogP) is 5.04. The van der Waals surface area contributed by atoms with Crippen molar-refractivity contribution in [2.24, 2.45) is 0 Å². The Morgan fingerprint density at radius 1 is 0.474 bits per heavy atom. The second-order valence-electron chi connectivity index (χ2n) is 5.75. The van der Waals surface area contributed by atoms with Crippen LogP contribution in [0.1, 0.15) is 38.9 Å². The van der Waals surface area contributed by atoms with Gasteiger partial charge in [0.15, 0.2) is 0 Å². The number of anilines is 1. The number of hydrogen-bond acceptors (Lipinski definition) is 1. The minimum absolute atomic E-state index is 1.29. The molecule has 0 aliphatic heterocycles. The fourth-order valence-corrected chi connectivity index (χ4v) is 3.25. The average Bonchev–Trinajstić information content (AvgIpc) is 2.40. The fourth-order valence-electron chi connectivity index (χ4n) is 3.25. The van der Waals surface area contributed by atoms with Gasteiger partial charge in [-0.2, -0.15) is 0 Å². The van der Waals surface area contributed by atoms with E-state index in [1.165, 1.54) is 55.4 Å². The molecule has 0 fully saturated rings. The van der Waals surface area contributed by atoms with Crippen molar-refractivity contribution < 1.29 is 0 Å². The molecule has 1 heteroatoms. The smallest absolute Gasteiger partial charge is 0.0452 e. The molecule has 0 spiro atoms. The summed E-state index contributed by atoms with van der Waals surface area (Å²) in [5.74, 6) is 0. The molecule has 2 rings (SSSR count). The van der Waals surface area contributed by atoms with Crippen molar-refractivity contribution in [1.82, 2.24) is 0 Å². The Kier molecular flexibility index (Phi) is 3.34. The Hall–Kier alpha value is -1.50. The average molecular weight is 255 g/mol. The number of nitrogens with one attached hydrogen (secondary N) is 1. The summed E-state index contributed by atoms with van der Waals surface area (Å²) in [6.07, 6.45) is 0. The molecule has 0 radical (unpaired) electrons. The van der Waals surface area contributed by atoms with Gasteiger partial charge in [0.1, 0.15) is 0 Å². The van der Waals surface area contributed by atoms with Gasteiger partial charge in [-0.1, -0.05) is 0 Å². The third-order valence-electron chi connectivity index (χ3n) is 5.06. The van der Waals surface area contributed by atoms with Crippen molar-refractivity contribution in [3.05, 3.63) is 38.9 Å². The number of fused-ring (bicyclic) bond motifs is 1. The van der Waals surface area contributed by atoms with Gasteiger partial charge in [0.2, 0.25) is 0 Å². The molecule has 1 N–H and O–H groups in total. The lowest BCUT2D eigenvalue weighted by Gasteiger charge is -2.22. The van der Waals surface area contributed by atoms with Crippen molar-refractivity contribution in [3.8, 4) is 0 Å². The molecule has 2 aromatic rings. The second-order valence-corrected chi connectivity index (χ2v) is 5.75. The van der Waals surface area contributed by atoms with Crippen molar-refractivity contribution in [2.75, 3.05) is 12.4 Å². The summed E-state index contributed by atoms with van der Waals surface area (Å²) in [6.45, 7) is 15.7. The lowest BCUT2D eigenvalue weighted by Crippen LogP contribution is -2.04. The Bertz CT molecular complexity index is 670. The molecule has 0 saturated carbocycles. The first-order chi connectivity index (χ1) is 8.82. The van der Waals surface area contributed by atoms with E-state index in [-0.39, 0.29) is 0 Å². The summed E-state index contributed by atoms with van der Waals surface area (Å²) < 4.78 is 0. The quantitative estimate of drug-likeness (QED) is 0.752. The van der Waals surface area contributed by atoms with Crippen LogP contribution in [0.3, 0.4) is 0 Å². The summed E-state index contributed by atoms with van der Waals surface area (Å²) in [7, 11) is 2.03. The largest absolute Gasteiger partial charge is 0.387 e. The number of rotatable bonds is 1. The maximum absolute atomic E-state index is 3.42. The zero-order valence-electron chi connectivity index (χ0n) is 13.5. The van der Waals surface area contributed by atoms with Crippen LogP contribution in [0.25, 0.3) is 10.8 Å². The Balaban J connectivity index is 3.21. The highest BCUT2D eigenvalue weighted by Gasteiger charge is 2.17. The third-order valence-corrected chi connectivity index (χ3v) is 5.06. The van der Waals surface area contributed by atoms with Crippen LogP contribution in [0, 0.1) is 48.5 Å². The molecule has 19 heavy (non-hydrogen) atoms. The van der Waals surface area contributed by atoms with E-state index in [0.717, 1.165) is 0 Å². The maximum Gasteiger partial charge on any atom is 0.0452 e. The third kappa shape index (κ3) is 1.75. The van der Waals surface area contributed by atoms with Crippen LogP contribution in [0.15, 0.2) is 0 Å². The second kappa shape index (κ2) is 4.56. The highest BCUT2D eigenvalue weighted by molar-refractivity contribution is 6.03. The molecule has 0 aliphatic rings. The molecule has 102 valence electrons. The summed E-state index contributed by atoms with van der Waals surface area (Å²) >= 11 is 0. The van der Waals surface area contributed by atoms with Gasteiger partial charge in [-0.15, -0.1) is 0 Å². The molecule has 1 nitrogen and oxygen atoms in total. The molecule has 0 bridgehead atoms. The standard InChI is InChI=1S/C18H25N/c1-9-10(2)14(6)17-16(12(9)4)13(5)11(3)15(7)18(17)19-8/h19H,1-8H3. The van der Waals surface area contributed by atoms with Crippen LogP contribution in [-0.4, -0.2) is 7.05 Å². The molecule has 0 aromatic heterocycles. The highest BCUT2D eigenvalue weighted by atomic mass is 14.8. The van der Waals surface area contributed by atoms with E-state index in [1.807, 2.05) is 7.05 Å². The van der Waals surface area contributed by atoms with Gasteiger partial charge in [0.05, 0.1) is 0 Å². The van der Waals surface area contributed by atoms with Crippen molar-refractivity contribution >= 4 is 16.5 Å². The molecule has 0 aliphatic carbocycles. The summed E-state index contributed by atoms with van der Waals surface area (Å²) in [6, 6.07) is 0. The summed E-state index contributed by atoms with van der Waals surface area (Å²) in [4.78, 5) is 0. The van der Waals surface area contributed by atoms with E-state index in [9.17, 15) is 0 Å². The SMILES string of the molecule is CNc1c(C)c(C)c(C)c2c(C)c(C)c(C)c(C)c12. The highest BCUT2D eigenvalue weighted by Crippen LogP contribution is 2.39. The lowest BCUT2D eigenvalue weighted by molar-refractivity contribution is 1.22. The minimum atomic E-state index is 1.29. The molecule has 2 aromatic carbocycles. The molecule has 0 atom stereocenters. The van der Waals surface area contributed by atoms with Crippen molar-refractivity contribution in [3.63, 3.8) is 0 Å². The first kappa shape index (κ1) is 13.9. The Morgan fingerprint density at radius 2 is 0.842 bits per heavy atom. The molecular weight excluding hydrogens is 230 g/mol. The molecule has 0 amide bonds. The summed E-state index contributed by atoms with van der Waals surface area (Å²) in [5.41, 5.74) is 11.2. The zero-order valence-corrected chi connectivity index (χ0v) is 13.5. The van der Waals surface area contributed by atoms with Crippen LogP contribution in [0.4, 0.5) is 5.69 Å². The fraction of sp³-hybridized carbons (Fsp3) is 0.444. The molecular formula is C18H25N. The van der Waals surface area contributed by atoms with Crippen LogP contribution < -0.4 is 5.32 Å². The van der Waals surface area contributed by atoms with Gasteiger partial charge in [0.25, 0.3) is 0 Å². The van der Waals surface area contributed by atoms with Gasteiger partial charge in [0, 0.05) is 18.1 Å². The monoisotopic (exact) mass is 255 g/mol. The van der Waals surface area contributed by atoms with Gasteiger partial charge in [-0.25, -0.2) is 0 Å². The van der Waals surface area contributed by atoms with Gasteiger partial charge < -0.3 is 5.32 Å². The minimum Gasteiger partial charge on any atom is -0.387 e. The predicted molar refractivity (Wildman–Crippen MR) is 86.7 cm³/mol. The van der Waals surface area contributed by atoms with Crippen LogP contribution in [-0.2, 0) is 0 Å². The van der Waals surface area contributed by atoms with Gasteiger partial charge in [-0.3, -0.25) is 0 Å². The zero-order chi connectivity index (χ0) is 14.5. The first-order valence-electron chi connectivity index (χ1n) is 7.00. The topological polar surface area (TPSA) is 12.0 Å². The van der Waals surface area contributed by atoms with E-state index >= 15 is 0 Å². The van der Waals surface area contributed by atoms with Gasteiger partial charge in [-0.05, 0) is 92.8 Å². The number of hydrogen-bond donors (Lipinski definition) is 1. The Labute approximate surface area is 117 Å². The van der Waals surface area contributed by atoms with Crippen LogP contribution >= 0.6 is 0 Å². The van der Waals surface area contributed by atoms with Gasteiger partial charge >= 0.3 is 0 Å². The Morgan fingerprint density at radius 3 is 1.26 bits per heavy atom. The summed E-state index contributed by atoms with van der Waals surface area (Å²) in [5, 5.41) is 6.27. The van der Waals surface area contributed by atoms with Crippen LogP contribution in [0.5, 0.6) is 0 Å². The van der Waals surface area contributed by atoms with E-state index in [4.69, 9.17) is 0 Å². The maximum atomic E-state index is 3.42. The van der Waals surface area contributed by atoms with E-state index in [2.05, 4.69) is 53.8 Å². The lowest BCUT2D eigenvalue weighted by atomic mass is 9.85. The number of aryl methyl sites for hydroxylation is 3. The molecule has 0 unspecified atom stereocenters. The van der Waals surface area contributed by atoms with E-state index in [0.29, 0.717) is 0 Å². The molecule has 0 heterocycles. The molecule has 0 saturated heterocycles. The first-order valence-corrected chi connectivity index (χ1v) is 7.00. The number of benzene rings is 2.